The smallest absolute Gasteiger partial charge is 0.240 e. The molecular formula is C21H24N2O2. The third-order valence-electron chi connectivity index (χ3n) is 5.37. The number of carbonyl (C=O) groups is 1. The average Bonchev–Trinajstić information content (AvgIpc) is 3.03. The number of para-hydroxylation sites is 1. The molecule has 1 atom stereocenters. The Hall–Kier alpha value is -2.33. The van der Waals surface area contributed by atoms with Gasteiger partial charge in [0.25, 0.3) is 0 Å². The van der Waals surface area contributed by atoms with Gasteiger partial charge >= 0.3 is 0 Å². The summed E-state index contributed by atoms with van der Waals surface area (Å²) in [6, 6.07) is 18.0. The van der Waals surface area contributed by atoms with Gasteiger partial charge in [0, 0.05) is 13.1 Å². The lowest BCUT2D eigenvalue weighted by Gasteiger charge is -2.40. The summed E-state index contributed by atoms with van der Waals surface area (Å²) in [7, 11) is 0. The summed E-state index contributed by atoms with van der Waals surface area (Å²) in [5.41, 5.74) is 0.942. The fourth-order valence-corrected chi connectivity index (χ4v) is 4.07. The van der Waals surface area contributed by atoms with E-state index >= 15 is 0 Å². The molecule has 25 heavy (non-hydrogen) atoms. The minimum absolute atomic E-state index is 0.222. The van der Waals surface area contributed by atoms with E-state index in [1.807, 2.05) is 42.5 Å². The minimum atomic E-state index is -0.280. The number of hydrogen-bond acceptors (Lipinski definition) is 3. The van der Waals surface area contributed by atoms with E-state index in [1.54, 1.807) is 0 Å². The molecule has 0 aromatic heterocycles. The van der Waals surface area contributed by atoms with Gasteiger partial charge in [0.05, 0.1) is 0 Å². The first-order chi connectivity index (χ1) is 12.3. The van der Waals surface area contributed by atoms with Crippen molar-refractivity contribution in [3.63, 3.8) is 0 Å². The normalized spacial score (nSPS) is 23.6. The molecule has 2 saturated heterocycles. The van der Waals surface area contributed by atoms with E-state index < -0.39 is 0 Å². The number of rotatable bonds is 4. The van der Waals surface area contributed by atoms with Crippen molar-refractivity contribution < 1.29 is 9.53 Å². The summed E-state index contributed by atoms with van der Waals surface area (Å²) < 4.78 is 5.85. The largest absolute Gasteiger partial charge is 0.457 e. The molecule has 1 amide bonds. The molecule has 4 rings (SSSR count). The van der Waals surface area contributed by atoms with Crippen molar-refractivity contribution in [1.82, 2.24) is 10.2 Å². The van der Waals surface area contributed by atoms with Gasteiger partial charge in [0.15, 0.2) is 0 Å². The summed E-state index contributed by atoms with van der Waals surface area (Å²) in [4.78, 5) is 14.9. The second-order valence-corrected chi connectivity index (χ2v) is 6.98. The highest BCUT2D eigenvalue weighted by molar-refractivity contribution is 5.87. The van der Waals surface area contributed by atoms with Crippen LogP contribution in [0.2, 0.25) is 0 Å². The third-order valence-corrected chi connectivity index (χ3v) is 5.37. The standard InChI is InChI=1S/C21H24N2O2/c24-20-21(12-4-14-22-20)13-5-15-23(21)16-17-8-10-19(11-9-17)25-18-6-2-1-3-7-18/h1-3,6-11H,4-5,12-16H2,(H,22,24). The van der Waals surface area contributed by atoms with Gasteiger partial charge in [-0.25, -0.2) is 0 Å². The van der Waals surface area contributed by atoms with Crippen LogP contribution in [0.1, 0.15) is 31.2 Å². The van der Waals surface area contributed by atoms with Crippen molar-refractivity contribution >= 4 is 5.91 Å². The number of piperidine rings is 1. The van der Waals surface area contributed by atoms with E-state index in [9.17, 15) is 4.79 Å². The molecule has 2 heterocycles. The van der Waals surface area contributed by atoms with Crippen LogP contribution >= 0.6 is 0 Å². The summed E-state index contributed by atoms with van der Waals surface area (Å²) in [6.07, 6.45) is 4.14. The number of ether oxygens (including phenoxy) is 1. The lowest BCUT2D eigenvalue weighted by molar-refractivity contribution is -0.134. The van der Waals surface area contributed by atoms with Crippen molar-refractivity contribution in [2.45, 2.75) is 37.8 Å². The van der Waals surface area contributed by atoms with E-state index in [1.165, 1.54) is 5.56 Å². The first-order valence-corrected chi connectivity index (χ1v) is 9.11. The molecule has 4 nitrogen and oxygen atoms in total. The fraction of sp³-hybridized carbons (Fsp3) is 0.381. The molecule has 2 fully saturated rings. The Morgan fingerprint density at radius 2 is 1.68 bits per heavy atom. The van der Waals surface area contributed by atoms with Gasteiger partial charge in [-0.1, -0.05) is 30.3 Å². The van der Waals surface area contributed by atoms with Crippen LogP contribution in [-0.2, 0) is 11.3 Å². The van der Waals surface area contributed by atoms with Gasteiger partial charge < -0.3 is 10.1 Å². The first kappa shape index (κ1) is 16.2. The monoisotopic (exact) mass is 336 g/mol. The van der Waals surface area contributed by atoms with Crippen molar-refractivity contribution in [2.75, 3.05) is 13.1 Å². The van der Waals surface area contributed by atoms with Crippen LogP contribution in [0.5, 0.6) is 11.5 Å². The number of hydrogen-bond donors (Lipinski definition) is 1. The van der Waals surface area contributed by atoms with Crippen molar-refractivity contribution in [1.29, 1.82) is 0 Å². The maximum atomic E-state index is 12.5. The average molecular weight is 336 g/mol. The van der Waals surface area contributed by atoms with Gasteiger partial charge in [-0.3, -0.25) is 9.69 Å². The molecule has 0 bridgehead atoms. The molecule has 1 unspecified atom stereocenters. The number of benzene rings is 2. The van der Waals surface area contributed by atoms with Crippen LogP contribution in [0.3, 0.4) is 0 Å². The number of nitrogens with zero attached hydrogens (tertiary/aromatic N) is 1. The van der Waals surface area contributed by atoms with Gasteiger partial charge in [-0.05, 0) is 62.1 Å². The Morgan fingerprint density at radius 3 is 2.44 bits per heavy atom. The molecule has 2 aliphatic rings. The van der Waals surface area contributed by atoms with Crippen LogP contribution in [0.15, 0.2) is 54.6 Å². The predicted molar refractivity (Wildman–Crippen MR) is 97.6 cm³/mol. The van der Waals surface area contributed by atoms with Crippen LogP contribution in [0, 0.1) is 0 Å². The van der Waals surface area contributed by atoms with Crippen molar-refractivity contribution in [3.8, 4) is 11.5 Å². The maximum absolute atomic E-state index is 12.5. The number of likely N-dealkylation sites (tertiary alicyclic amines) is 1. The molecule has 2 aromatic carbocycles. The summed E-state index contributed by atoms with van der Waals surface area (Å²) in [5, 5.41) is 3.07. The zero-order valence-electron chi connectivity index (χ0n) is 14.4. The van der Waals surface area contributed by atoms with Gasteiger partial charge in [-0.15, -0.1) is 0 Å². The Morgan fingerprint density at radius 1 is 0.960 bits per heavy atom. The zero-order chi connectivity index (χ0) is 17.1. The van der Waals surface area contributed by atoms with Crippen LogP contribution in [0.4, 0.5) is 0 Å². The Labute approximate surface area is 148 Å². The van der Waals surface area contributed by atoms with Gasteiger partial charge in [0.2, 0.25) is 5.91 Å². The molecule has 130 valence electrons. The topological polar surface area (TPSA) is 41.6 Å². The SMILES string of the molecule is O=C1NCCCC12CCCN2Cc1ccc(Oc2ccccc2)cc1. The maximum Gasteiger partial charge on any atom is 0.240 e. The van der Waals surface area contributed by atoms with E-state index in [0.29, 0.717) is 0 Å². The number of nitrogens with one attached hydrogen (secondary N) is 1. The highest BCUT2D eigenvalue weighted by atomic mass is 16.5. The molecule has 1 N–H and O–H groups in total. The van der Waals surface area contributed by atoms with Gasteiger partial charge in [-0.2, -0.15) is 0 Å². The van der Waals surface area contributed by atoms with Crippen LogP contribution in [0.25, 0.3) is 0 Å². The zero-order valence-corrected chi connectivity index (χ0v) is 14.4. The van der Waals surface area contributed by atoms with Crippen LogP contribution in [-0.4, -0.2) is 29.4 Å². The van der Waals surface area contributed by atoms with E-state index in [0.717, 1.165) is 56.8 Å². The molecule has 0 saturated carbocycles. The lowest BCUT2D eigenvalue weighted by Crippen LogP contribution is -2.58. The second-order valence-electron chi connectivity index (χ2n) is 6.98. The molecular weight excluding hydrogens is 312 g/mol. The fourth-order valence-electron chi connectivity index (χ4n) is 4.07. The molecule has 0 aliphatic carbocycles. The molecule has 1 spiro atoms. The molecule has 2 aromatic rings. The molecule has 2 aliphatic heterocycles. The Kier molecular flexibility index (Phi) is 4.45. The van der Waals surface area contributed by atoms with Gasteiger partial charge in [0.1, 0.15) is 17.0 Å². The quantitative estimate of drug-likeness (QED) is 0.925. The number of amides is 1. The van der Waals surface area contributed by atoms with E-state index in [-0.39, 0.29) is 11.4 Å². The second kappa shape index (κ2) is 6.89. The lowest BCUT2D eigenvalue weighted by atomic mass is 9.86. The Bertz CT molecular complexity index is 729. The molecule has 0 radical (unpaired) electrons. The van der Waals surface area contributed by atoms with Crippen molar-refractivity contribution in [2.24, 2.45) is 0 Å². The minimum Gasteiger partial charge on any atom is -0.457 e. The number of carbonyl (C=O) groups excluding carboxylic acids is 1. The summed E-state index contributed by atoms with van der Waals surface area (Å²) in [6.45, 7) is 2.63. The summed E-state index contributed by atoms with van der Waals surface area (Å²) >= 11 is 0. The Balaban J connectivity index is 1.45. The predicted octanol–water partition coefficient (Wildman–Crippen LogP) is 3.72. The molecule has 4 heteroatoms. The highest BCUT2D eigenvalue weighted by Crippen LogP contribution is 2.37. The van der Waals surface area contributed by atoms with Crippen LogP contribution < -0.4 is 10.1 Å². The third kappa shape index (κ3) is 3.27. The summed E-state index contributed by atoms with van der Waals surface area (Å²) in [5.74, 6) is 1.90. The van der Waals surface area contributed by atoms with E-state index in [4.69, 9.17) is 4.74 Å². The highest BCUT2D eigenvalue weighted by Gasteiger charge is 2.47. The van der Waals surface area contributed by atoms with Crippen molar-refractivity contribution in [3.05, 3.63) is 60.2 Å². The van der Waals surface area contributed by atoms with E-state index in [2.05, 4.69) is 22.3 Å². The first-order valence-electron chi connectivity index (χ1n) is 9.11.